The first-order chi connectivity index (χ1) is 9.31. The van der Waals surface area contributed by atoms with Crippen molar-refractivity contribution in [2.24, 2.45) is 0 Å². The topological polar surface area (TPSA) is 50.7 Å². The molecule has 3 aromatic rings. The fourth-order valence-corrected chi connectivity index (χ4v) is 1.95. The van der Waals surface area contributed by atoms with Crippen LogP contribution in [0.5, 0.6) is 0 Å². The van der Waals surface area contributed by atoms with Gasteiger partial charge in [0.25, 0.3) is 0 Å². The maximum Gasteiger partial charge on any atom is 0.126 e. The Balaban J connectivity index is 1.78. The lowest BCUT2D eigenvalue weighted by Crippen LogP contribution is -2.04. The second-order valence-electron chi connectivity index (χ2n) is 4.34. The normalized spacial score (nSPS) is 10.6. The van der Waals surface area contributed by atoms with Crippen molar-refractivity contribution >= 4 is 16.7 Å². The highest BCUT2D eigenvalue weighted by Crippen LogP contribution is 2.14. The van der Waals surface area contributed by atoms with E-state index >= 15 is 0 Å². The van der Waals surface area contributed by atoms with Gasteiger partial charge in [0.1, 0.15) is 11.6 Å². The molecule has 0 spiro atoms. The van der Waals surface area contributed by atoms with Crippen LogP contribution in [0.1, 0.15) is 11.5 Å². The summed E-state index contributed by atoms with van der Waals surface area (Å²) in [6.45, 7) is 2.53. The Morgan fingerprint density at radius 3 is 2.79 bits per heavy atom. The smallest absolute Gasteiger partial charge is 0.126 e. The van der Waals surface area contributed by atoms with E-state index in [4.69, 9.17) is 0 Å². The second kappa shape index (κ2) is 5.02. The number of pyridine rings is 1. The molecule has 0 radical (unpaired) electrons. The lowest BCUT2D eigenvalue weighted by Gasteiger charge is -2.06. The molecule has 0 fully saturated rings. The Morgan fingerprint density at radius 1 is 1.00 bits per heavy atom. The fraction of sp³-hybridized carbons (Fsp3) is 0.133. The van der Waals surface area contributed by atoms with Crippen molar-refractivity contribution in [2.45, 2.75) is 13.5 Å². The summed E-state index contributed by atoms with van der Waals surface area (Å²) >= 11 is 0. The molecular weight excluding hydrogens is 236 g/mol. The average Bonchev–Trinajstić information content (AvgIpc) is 2.45. The molecule has 0 aliphatic rings. The maximum atomic E-state index is 4.56. The van der Waals surface area contributed by atoms with Crippen LogP contribution in [0.3, 0.4) is 0 Å². The number of hydrogen-bond acceptors (Lipinski definition) is 4. The summed E-state index contributed by atoms with van der Waals surface area (Å²) in [5.41, 5.74) is 1.95. The zero-order valence-corrected chi connectivity index (χ0v) is 10.7. The zero-order valence-electron chi connectivity index (χ0n) is 10.7. The predicted molar refractivity (Wildman–Crippen MR) is 75.8 cm³/mol. The molecule has 0 unspecified atom stereocenters. The van der Waals surface area contributed by atoms with Crippen molar-refractivity contribution in [3.8, 4) is 0 Å². The predicted octanol–water partition coefficient (Wildman–Crippen LogP) is 2.95. The van der Waals surface area contributed by atoms with Crippen molar-refractivity contribution in [1.29, 1.82) is 0 Å². The number of aryl methyl sites for hydroxylation is 1. The number of nitrogens with one attached hydrogen (secondary N) is 1. The molecule has 0 saturated heterocycles. The highest BCUT2D eigenvalue weighted by molar-refractivity contribution is 5.79. The number of anilines is 1. The van der Waals surface area contributed by atoms with E-state index in [1.807, 2.05) is 37.3 Å². The first-order valence-electron chi connectivity index (χ1n) is 6.19. The van der Waals surface area contributed by atoms with Crippen LogP contribution in [0, 0.1) is 6.92 Å². The SMILES string of the molecule is Cc1nccc(CNc2ccc3ccccc3n2)n1. The van der Waals surface area contributed by atoms with Gasteiger partial charge in [-0.3, -0.25) is 0 Å². The fourth-order valence-electron chi connectivity index (χ4n) is 1.95. The minimum Gasteiger partial charge on any atom is -0.364 e. The minimum absolute atomic E-state index is 0.648. The molecule has 1 aromatic carbocycles. The third-order valence-corrected chi connectivity index (χ3v) is 2.88. The van der Waals surface area contributed by atoms with Crippen molar-refractivity contribution in [3.63, 3.8) is 0 Å². The Labute approximate surface area is 111 Å². The van der Waals surface area contributed by atoms with Gasteiger partial charge in [0.15, 0.2) is 0 Å². The Hall–Kier alpha value is -2.49. The molecule has 0 aliphatic carbocycles. The van der Waals surface area contributed by atoms with Gasteiger partial charge in [0.05, 0.1) is 17.8 Å². The molecule has 3 rings (SSSR count). The quantitative estimate of drug-likeness (QED) is 0.776. The lowest BCUT2D eigenvalue weighted by molar-refractivity contribution is 0.951. The van der Waals surface area contributed by atoms with Crippen molar-refractivity contribution < 1.29 is 0 Å². The van der Waals surface area contributed by atoms with Gasteiger partial charge in [-0.15, -0.1) is 0 Å². The van der Waals surface area contributed by atoms with E-state index in [1.54, 1.807) is 6.20 Å². The molecule has 2 aromatic heterocycles. The molecule has 0 saturated carbocycles. The number of nitrogens with zero attached hydrogens (tertiary/aromatic N) is 3. The molecule has 4 heteroatoms. The third-order valence-electron chi connectivity index (χ3n) is 2.88. The summed E-state index contributed by atoms with van der Waals surface area (Å²) in [5, 5.41) is 4.42. The molecule has 0 atom stereocenters. The molecule has 0 aliphatic heterocycles. The van der Waals surface area contributed by atoms with Crippen molar-refractivity contribution in [1.82, 2.24) is 15.0 Å². The number of rotatable bonds is 3. The monoisotopic (exact) mass is 250 g/mol. The summed E-state index contributed by atoms with van der Waals surface area (Å²) in [6, 6.07) is 14.0. The largest absolute Gasteiger partial charge is 0.364 e. The molecule has 94 valence electrons. The van der Waals surface area contributed by atoms with Crippen LogP contribution in [-0.2, 0) is 6.54 Å². The molecule has 2 heterocycles. The Kier molecular flexibility index (Phi) is 3.06. The van der Waals surface area contributed by atoms with Crippen molar-refractivity contribution in [3.05, 3.63) is 60.2 Å². The van der Waals surface area contributed by atoms with Gasteiger partial charge < -0.3 is 5.32 Å². The van der Waals surface area contributed by atoms with Crippen LogP contribution in [-0.4, -0.2) is 15.0 Å². The van der Waals surface area contributed by atoms with Crippen LogP contribution < -0.4 is 5.32 Å². The number of aromatic nitrogens is 3. The van der Waals surface area contributed by atoms with Crippen LogP contribution in [0.25, 0.3) is 10.9 Å². The van der Waals surface area contributed by atoms with E-state index in [0.29, 0.717) is 6.54 Å². The van der Waals surface area contributed by atoms with Gasteiger partial charge >= 0.3 is 0 Å². The molecule has 0 bridgehead atoms. The summed E-state index contributed by atoms with van der Waals surface area (Å²) in [4.78, 5) is 13.0. The number of hydrogen-bond donors (Lipinski definition) is 1. The van der Waals surface area contributed by atoms with Gasteiger partial charge in [0.2, 0.25) is 0 Å². The third kappa shape index (κ3) is 2.68. The van der Waals surface area contributed by atoms with E-state index in [0.717, 1.165) is 28.2 Å². The van der Waals surface area contributed by atoms with Gasteiger partial charge in [-0.1, -0.05) is 18.2 Å². The molecule has 4 nitrogen and oxygen atoms in total. The standard InChI is InChI=1S/C15H14N4/c1-11-16-9-8-13(18-11)10-17-15-7-6-12-4-2-3-5-14(12)19-15/h2-9H,10H2,1H3,(H,17,19). The van der Waals surface area contributed by atoms with Gasteiger partial charge in [-0.05, 0) is 31.2 Å². The molecule has 19 heavy (non-hydrogen) atoms. The summed E-state index contributed by atoms with van der Waals surface area (Å²) in [6.07, 6.45) is 1.77. The number of fused-ring (bicyclic) bond motifs is 1. The van der Waals surface area contributed by atoms with Gasteiger partial charge in [0, 0.05) is 11.6 Å². The molecular formula is C15H14N4. The van der Waals surface area contributed by atoms with Crippen LogP contribution in [0.2, 0.25) is 0 Å². The van der Waals surface area contributed by atoms with E-state index in [2.05, 4.69) is 32.4 Å². The van der Waals surface area contributed by atoms with Crippen LogP contribution >= 0.6 is 0 Å². The van der Waals surface area contributed by atoms with Crippen LogP contribution in [0.4, 0.5) is 5.82 Å². The maximum absolute atomic E-state index is 4.56. The molecule has 0 amide bonds. The first-order valence-corrected chi connectivity index (χ1v) is 6.19. The number of benzene rings is 1. The van der Waals surface area contributed by atoms with Crippen molar-refractivity contribution in [2.75, 3.05) is 5.32 Å². The Bertz CT molecular complexity index is 709. The summed E-state index contributed by atoms with van der Waals surface area (Å²) in [5.74, 6) is 1.64. The van der Waals surface area contributed by atoms with Crippen LogP contribution in [0.15, 0.2) is 48.7 Å². The highest BCUT2D eigenvalue weighted by atomic mass is 15.0. The Morgan fingerprint density at radius 2 is 1.89 bits per heavy atom. The first kappa shape index (κ1) is 11.6. The van der Waals surface area contributed by atoms with Gasteiger partial charge in [-0.2, -0.15) is 0 Å². The van der Waals surface area contributed by atoms with E-state index in [-0.39, 0.29) is 0 Å². The van der Waals surface area contributed by atoms with E-state index < -0.39 is 0 Å². The summed E-state index contributed by atoms with van der Waals surface area (Å²) < 4.78 is 0. The van der Waals surface area contributed by atoms with E-state index in [1.165, 1.54) is 0 Å². The second-order valence-corrected chi connectivity index (χ2v) is 4.34. The van der Waals surface area contributed by atoms with E-state index in [9.17, 15) is 0 Å². The number of para-hydroxylation sites is 1. The average molecular weight is 250 g/mol. The van der Waals surface area contributed by atoms with Gasteiger partial charge in [-0.25, -0.2) is 15.0 Å². The lowest BCUT2D eigenvalue weighted by atomic mass is 10.2. The minimum atomic E-state index is 0.648. The zero-order chi connectivity index (χ0) is 13.1. The highest BCUT2D eigenvalue weighted by Gasteiger charge is 1.99. The summed E-state index contributed by atoms with van der Waals surface area (Å²) in [7, 11) is 0. The molecule has 1 N–H and O–H groups in total.